The predicted octanol–water partition coefficient (Wildman–Crippen LogP) is 3.71. The largest absolute Gasteiger partial charge is 0.337 e. The van der Waals surface area contributed by atoms with Gasteiger partial charge in [0.05, 0.1) is 11.6 Å². The minimum absolute atomic E-state index is 0.0636. The quantitative estimate of drug-likeness (QED) is 0.694. The fourth-order valence-electron chi connectivity index (χ4n) is 3.56. The lowest BCUT2D eigenvalue weighted by Gasteiger charge is -2.31. The molecule has 0 spiro atoms. The zero-order chi connectivity index (χ0) is 21.1. The highest BCUT2D eigenvalue weighted by Crippen LogP contribution is 2.29. The molecule has 0 aromatic carbocycles. The van der Waals surface area contributed by atoms with Crippen LogP contribution in [0.3, 0.4) is 0 Å². The molecule has 0 bridgehead atoms. The number of likely N-dealkylation sites (tertiary alicyclic amines) is 1. The van der Waals surface area contributed by atoms with Crippen LogP contribution >= 0.6 is 11.3 Å². The van der Waals surface area contributed by atoms with E-state index in [0.717, 1.165) is 29.0 Å². The molecular weight excluding hydrogens is 398 g/mol. The Morgan fingerprint density at radius 1 is 1.23 bits per heavy atom. The molecule has 1 aliphatic heterocycles. The van der Waals surface area contributed by atoms with Crippen molar-refractivity contribution in [2.24, 2.45) is 5.92 Å². The summed E-state index contributed by atoms with van der Waals surface area (Å²) in [6.45, 7) is 4.84. The van der Waals surface area contributed by atoms with E-state index in [2.05, 4.69) is 20.3 Å². The van der Waals surface area contributed by atoms with Crippen molar-refractivity contribution in [2.45, 2.75) is 26.7 Å². The Bertz CT molecular complexity index is 1070. The molecule has 3 aromatic heterocycles. The number of hydrogen-bond acceptors (Lipinski definition) is 6. The summed E-state index contributed by atoms with van der Waals surface area (Å²) in [6, 6.07) is 7.50. The Hall–Kier alpha value is -3.13. The molecule has 1 unspecified atom stereocenters. The molecule has 2 amide bonds. The summed E-state index contributed by atoms with van der Waals surface area (Å²) in [5.74, 6) is 0.132. The van der Waals surface area contributed by atoms with Crippen molar-refractivity contribution in [3.05, 3.63) is 59.0 Å². The molecule has 8 heteroatoms. The summed E-state index contributed by atoms with van der Waals surface area (Å²) in [5, 5.41) is 3.66. The van der Waals surface area contributed by atoms with Gasteiger partial charge in [0.25, 0.3) is 5.91 Å². The molecule has 0 radical (unpaired) electrons. The zero-order valence-corrected chi connectivity index (χ0v) is 17.8. The Kier molecular flexibility index (Phi) is 5.85. The lowest BCUT2D eigenvalue weighted by Crippen LogP contribution is -2.43. The van der Waals surface area contributed by atoms with Gasteiger partial charge in [-0.05, 0) is 56.5 Å². The first-order valence-corrected chi connectivity index (χ1v) is 10.7. The maximum absolute atomic E-state index is 13.2. The first-order chi connectivity index (χ1) is 14.5. The minimum Gasteiger partial charge on any atom is -0.337 e. The van der Waals surface area contributed by atoms with E-state index in [1.807, 2.05) is 38.1 Å². The lowest BCUT2D eigenvalue weighted by atomic mass is 9.97. The molecule has 1 fully saturated rings. The normalized spacial score (nSPS) is 16.3. The average molecular weight is 422 g/mol. The van der Waals surface area contributed by atoms with Crippen LogP contribution in [0.5, 0.6) is 0 Å². The molecule has 7 nitrogen and oxygen atoms in total. The Morgan fingerprint density at radius 2 is 2.10 bits per heavy atom. The van der Waals surface area contributed by atoms with Crippen molar-refractivity contribution in [2.75, 3.05) is 18.4 Å². The number of carbonyl (C=O) groups excluding carboxylic acids is 2. The molecule has 3 aromatic rings. The molecule has 1 atom stereocenters. The number of nitrogens with one attached hydrogen (secondary N) is 1. The number of aromatic nitrogens is 3. The molecule has 1 saturated heterocycles. The number of piperidine rings is 1. The highest BCUT2D eigenvalue weighted by atomic mass is 32.1. The van der Waals surface area contributed by atoms with Gasteiger partial charge >= 0.3 is 0 Å². The number of hydrogen-bond donors (Lipinski definition) is 1. The fraction of sp³-hybridized carbons (Fsp3) is 0.318. The number of amides is 2. The summed E-state index contributed by atoms with van der Waals surface area (Å²) in [4.78, 5) is 41.2. The lowest BCUT2D eigenvalue weighted by molar-refractivity contribution is -0.121. The van der Waals surface area contributed by atoms with Crippen molar-refractivity contribution in [3.63, 3.8) is 0 Å². The maximum atomic E-state index is 13.2. The highest BCUT2D eigenvalue weighted by Gasteiger charge is 2.31. The van der Waals surface area contributed by atoms with Gasteiger partial charge in [-0.3, -0.25) is 14.6 Å². The predicted molar refractivity (Wildman–Crippen MR) is 116 cm³/mol. The van der Waals surface area contributed by atoms with Crippen LogP contribution in [-0.2, 0) is 4.79 Å². The Morgan fingerprint density at radius 3 is 2.87 bits per heavy atom. The van der Waals surface area contributed by atoms with Gasteiger partial charge in [0, 0.05) is 37.2 Å². The van der Waals surface area contributed by atoms with E-state index in [1.165, 1.54) is 11.3 Å². The third-order valence-electron chi connectivity index (χ3n) is 5.15. The number of anilines is 1. The number of carbonyl (C=O) groups is 2. The summed E-state index contributed by atoms with van der Waals surface area (Å²) < 4.78 is 0. The van der Waals surface area contributed by atoms with Crippen LogP contribution < -0.4 is 5.32 Å². The molecule has 30 heavy (non-hydrogen) atoms. The fourth-order valence-corrected chi connectivity index (χ4v) is 4.58. The monoisotopic (exact) mass is 421 g/mol. The summed E-state index contributed by atoms with van der Waals surface area (Å²) >= 11 is 1.38. The SMILES string of the molecule is Cc1ccnc(NC(=O)C2CCCN(C(=O)c3sc(-c4cccnc4)nc3C)C2)c1. The van der Waals surface area contributed by atoms with Crippen LogP contribution in [0, 0.1) is 19.8 Å². The van der Waals surface area contributed by atoms with E-state index in [1.54, 1.807) is 23.5 Å². The molecular formula is C22H23N5O2S. The standard InChI is InChI=1S/C22H23N5O2S/c1-14-7-9-24-18(11-14)26-20(28)17-6-4-10-27(13-17)22(29)19-15(2)25-21(30-19)16-5-3-8-23-12-16/h3,5,7-9,11-12,17H,4,6,10,13H2,1-2H3,(H,24,26,28). The Labute approximate surface area is 179 Å². The topological polar surface area (TPSA) is 88.1 Å². The van der Waals surface area contributed by atoms with Crippen LogP contribution in [0.25, 0.3) is 10.6 Å². The van der Waals surface area contributed by atoms with Crippen molar-refractivity contribution >= 4 is 29.0 Å². The van der Waals surface area contributed by atoms with Gasteiger partial charge in [-0.15, -0.1) is 11.3 Å². The van der Waals surface area contributed by atoms with Gasteiger partial charge in [0.15, 0.2) is 0 Å². The van der Waals surface area contributed by atoms with Crippen molar-refractivity contribution in [3.8, 4) is 10.6 Å². The van der Waals surface area contributed by atoms with Crippen LogP contribution in [-0.4, -0.2) is 44.8 Å². The second-order valence-corrected chi connectivity index (χ2v) is 8.47. The van der Waals surface area contributed by atoms with Gasteiger partial charge in [0.2, 0.25) is 5.91 Å². The third kappa shape index (κ3) is 4.38. The van der Waals surface area contributed by atoms with Crippen molar-refractivity contribution < 1.29 is 9.59 Å². The van der Waals surface area contributed by atoms with Gasteiger partial charge in [-0.1, -0.05) is 0 Å². The molecule has 0 saturated carbocycles. The molecule has 4 heterocycles. The summed E-state index contributed by atoms with van der Waals surface area (Å²) in [7, 11) is 0. The van der Waals surface area contributed by atoms with Gasteiger partial charge in [0.1, 0.15) is 15.7 Å². The molecule has 1 aliphatic rings. The third-order valence-corrected chi connectivity index (χ3v) is 6.34. The van der Waals surface area contributed by atoms with Crippen LogP contribution in [0.1, 0.15) is 33.8 Å². The first-order valence-electron chi connectivity index (χ1n) is 9.92. The summed E-state index contributed by atoms with van der Waals surface area (Å²) in [5.41, 5.74) is 2.64. The second kappa shape index (κ2) is 8.71. The van der Waals surface area contributed by atoms with E-state index in [9.17, 15) is 9.59 Å². The van der Waals surface area contributed by atoms with Gasteiger partial charge in [-0.2, -0.15) is 0 Å². The molecule has 0 aliphatic carbocycles. The smallest absolute Gasteiger partial charge is 0.265 e. The van der Waals surface area contributed by atoms with E-state index in [4.69, 9.17) is 0 Å². The maximum Gasteiger partial charge on any atom is 0.265 e. The van der Waals surface area contributed by atoms with E-state index >= 15 is 0 Å². The number of thiazole rings is 1. The van der Waals surface area contributed by atoms with Crippen LogP contribution in [0.4, 0.5) is 5.82 Å². The van der Waals surface area contributed by atoms with E-state index < -0.39 is 0 Å². The van der Waals surface area contributed by atoms with Gasteiger partial charge < -0.3 is 10.2 Å². The van der Waals surface area contributed by atoms with Crippen molar-refractivity contribution in [1.82, 2.24) is 19.9 Å². The zero-order valence-electron chi connectivity index (χ0n) is 17.0. The highest BCUT2D eigenvalue weighted by molar-refractivity contribution is 7.17. The Balaban J connectivity index is 1.46. The van der Waals surface area contributed by atoms with E-state index in [-0.39, 0.29) is 17.7 Å². The minimum atomic E-state index is -0.254. The number of aryl methyl sites for hydroxylation is 2. The summed E-state index contributed by atoms with van der Waals surface area (Å²) in [6.07, 6.45) is 6.67. The average Bonchev–Trinajstić information content (AvgIpc) is 3.15. The van der Waals surface area contributed by atoms with Crippen LogP contribution in [0.2, 0.25) is 0 Å². The second-order valence-electron chi connectivity index (χ2n) is 7.47. The van der Waals surface area contributed by atoms with E-state index in [0.29, 0.717) is 29.5 Å². The number of nitrogens with zero attached hydrogens (tertiary/aromatic N) is 4. The van der Waals surface area contributed by atoms with Gasteiger partial charge in [-0.25, -0.2) is 9.97 Å². The number of pyridine rings is 2. The van der Waals surface area contributed by atoms with Crippen LogP contribution in [0.15, 0.2) is 42.9 Å². The van der Waals surface area contributed by atoms with Crippen molar-refractivity contribution in [1.29, 1.82) is 0 Å². The molecule has 1 N–H and O–H groups in total. The number of rotatable bonds is 4. The molecule has 4 rings (SSSR count). The molecule has 154 valence electrons. The first kappa shape index (κ1) is 20.2.